The Balaban J connectivity index is 1.73. The summed E-state index contributed by atoms with van der Waals surface area (Å²) in [4.78, 5) is 0. The van der Waals surface area contributed by atoms with Crippen LogP contribution in [-0.4, -0.2) is 13.8 Å². The van der Waals surface area contributed by atoms with Gasteiger partial charge in [-0.1, -0.05) is 127 Å². The molecule has 0 saturated heterocycles. The second-order valence-corrected chi connectivity index (χ2v) is 14.3. The van der Waals surface area contributed by atoms with Gasteiger partial charge in [0.05, 0.1) is 4.58 Å². The van der Waals surface area contributed by atoms with Crippen molar-refractivity contribution in [3.8, 4) is 0 Å². The maximum Gasteiger partial charge on any atom is 0.186 e. The molecule has 31 heavy (non-hydrogen) atoms. The van der Waals surface area contributed by atoms with Crippen LogP contribution in [0, 0.1) is 0 Å². The second kappa shape index (κ2) is 9.35. The van der Waals surface area contributed by atoms with Gasteiger partial charge in [-0.25, -0.2) is 0 Å². The predicted octanol–water partition coefficient (Wildman–Crippen LogP) is 5.76. The zero-order chi connectivity index (χ0) is 20.9. The Morgan fingerprint density at radius 1 is 0.548 bits per heavy atom. The van der Waals surface area contributed by atoms with Crippen molar-refractivity contribution in [2.24, 2.45) is 0 Å². The molecule has 152 valence electrons. The summed E-state index contributed by atoms with van der Waals surface area (Å²) < 4.78 is 1.97. The molecule has 0 radical (unpaired) electrons. The Bertz CT molecular complexity index is 1050. The highest BCUT2D eigenvalue weighted by molar-refractivity contribution is 8.20. The molecule has 1 unspecified atom stereocenters. The van der Waals surface area contributed by atoms with Gasteiger partial charge in [-0.2, -0.15) is 0 Å². The van der Waals surface area contributed by atoms with Gasteiger partial charge in [0.1, 0.15) is 0 Å². The van der Waals surface area contributed by atoms with E-state index in [9.17, 15) is 0 Å². The maximum atomic E-state index is 2.51. The molecular weight excluding hydrogens is 429 g/mol. The Labute approximate surface area is 194 Å². The van der Waals surface area contributed by atoms with Crippen molar-refractivity contribution in [3.05, 3.63) is 137 Å². The average Bonchev–Trinajstić information content (AvgIpc) is 2.87. The Hall–Kier alpha value is -2.46. The largest absolute Gasteiger partial charge is 0.186 e. The number of hydrogen-bond donors (Lipinski definition) is 0. The van der Waals surface area contributed by atoms with E-state index >= 15 is 0 Å². The van der Waals surface area contributed by atoms with E-state index in [0.717, 1.165) is 5.75 Å². The van der Waals surface area contributed by atoms with Gasteiger partial charge in [0.2, 0.25) is 0 Å². The first-order chi connectivity index (χ1) is 15.4. The number of benzene rings is 4. The van der Waals surface area contributed by atoms with Gasteiger partial charge < -0.3 is 0 Å². The fraction of sp³-hybridized carbons (Fsp3) is 0.0714. The predicted molar refractivity (Wildman–Crippen MR) is 141 cm³/mol. The fourth-order valence-corrected chi connectivity index (χ4v) is 13.7. The monoisotopic (exact) mass is 452 g/mol. The zero-order valence-corrected chi connectivity index (χ0v) is 19.9. The number of rotatable bonds is 5. The zero-order valence-electron chi connectivity index (χ0n) is 17.2. The Kier molecular flexibility index (Phi) is 6.17. The van der Waals surface area contributed by atoms with Crippen LogP contribution in [0.2, 0.25) is 0 Å². The normalized spacial score (nSPS) is 16.5. The molecule has 0 nitrogen and oxygen atoms in total. The van der Waals surface area contributed by atoms with Crippen molar-refractivity contribution in [1.29, 1.82) is 0 Å². The van der Waals surface area contributed by atoms with Crippen LogP contribution in [0.5, 0.6) is 0 Å². The third-order valence-corrected chi connectivity index (χ3v) is 14.2. The lowest BCUT2D eigenvalue weighted by atomic mass is 10.2. The fourth-order valence-electron chi connectivity index (χ4n) is 4.42. The van der Waals surface area contributed by atoms with Crippen LogP contribution in [0.25, 0.3) is 0 Å². The molecule has 1 heterocycles. The van der Waals surface area contributed by atoms with Crippen LogP contribution in [0.1, 0.15) is 10.1 Å². The second-order valence-electron chi connectivity index (χ2n) is 7.61. The molecule has 1 aliphatic heterocycles. The molecule has 0 saturated carbocycles. The van der Waals surface area contributed by atoms with E-state index in [-0.39, 0.29) is 0 Å². The van der Waals surface area contributed by atoms with Crippen molar-refractivity contribution >= 4 is 47.2 Å². The van der Waals surface area contributed by atoms with Crippen LogP contribution >= 0.6 is 23.5 Å². The SMILES string of the molecule is C1=C([Si](c2ccccc2)(c2ccccc2)c2ccccc2)SC(c2ccccc2)SC1. The topological polar surface area (TPSA) is 0 Å². The molecule has 3 heteroatoms. The van der Waals surface area contributed by atoms with E-state index in [1.165, 1.54) is 21.1 Å². The van der Waals surface area contributed by atoms with Gasteiger partial charge in [0.15, 0.2) is 8.07 Å². The summed E-state index contributed by atoms with van der Waals surface area (Å²) in [5.74, 6) is 1.04. The third-order valence-electron chi connectivity index (χ3n) is 5.81. The highest BCUT2D eigenvalue weighted by atomic mass is 32.2. The lowest BCUT2D eigenvalue weighted by Crippen LogP contribution is -2.68. The summed E-state index contributed by atoms with van der Waals surface area (Å²) in [6.07, 6.45) is 2.51. The van der Waals surface area contributed by atoms with E-state index < -0.39 is 8.07 Å². The van der Waals surface area contributed by atoms with Gasteiger partial charge in [-0.05, 0) is 25.7 Å². The van der Waals surface area contributed by atoms with Gasteiger partial charge in [-0.15, -0.1) is 23.5 Å². The molecule has 5 rings (SSSR count). The summed E-state index contributed by atoms with van der Waals surface area (Å²) >= 11 is 4.09. The van der Waals surface area contributed by atoms with Crippen molar-refractivity contribution in [2.45, 2.75) is 4.58 Å². The highest BCUT2D eigenvalue weighted by Gasteiger charge is 2.45. The maximum absolute atomic E-state index is 2.51. The molecule has 1 aliphatic rings. The van der Waals surface area contributed by atoms with Crippen molar-refractivity contribution in [1.82, 2.24) is 0 Å². The molecule has 1 atom stereocenters. The molecule has 0 bridgehead atoms. The summed E-state index contributed by atoms with van der Waals surface area (Å²) in [6.45, 7) is 0. The minimum absolute atomic E-state index is 0.421. The van der Waals surface area contributed by atoms with Crippen molar-refractivity contribution < 1.29 is 0 Å². The first kappa shape index (κ1) is 20.4. The molecule has 0 aliphatic carbocycles. The molecule has 4 aromatic carbocycles. The minimum atomic E-state index is -2.39. The molecule has 0 spiro atoms. The molecular formula is C28H24S2Si. The number of hydrogen-bond acceptors (Lipinski definition) is 2. The van der Waals surface area contributed by atoms with E-state index in [0.29, 0.717) is 4.58 Å². The lowest BCUT2D eigenvalue weighted by molar-refractivity contribution is 1.37. The average molecular weight is 453 g/mol. The summed E-state index contributed by atoms with van der Waals surface area (Å²) in [6, 6.07) is 44.6. The first-order valence-corrected chi connectivity index (χ1v) is 14.5. The van der Waals surface area contributed by atoms with Crippen molar-refractivity contribution in [3.63, 3.8) is 0 Å². The van der Waals surface area contributed by atoms with Gasteiger partial charge >= 0.3 is 0 Å². The van der Waals surface area contributed by atoms with E-state index in [4.69, 9.17) is 0 Å². The lowest BCUT2D eigenvalue weighted by Gasteiger charge is -2.38. The van der Waals surface area contributed by atoms with Crippen molar-refractivity contribution in [2.75, 3.05) is 5.75 Å². The summed E-state index contributed by atoms with van der Waals surface area (Å²) in [7, 11) is -2.39. The summed E-state index contributed by atoms with van der Waals surface area (Å²) in [5, 5.41) is 4.35. The quantitative estimate of drug-likeness (QED) is 0.279. The van der Waals surface area contributed by atoms with Crippen LogP contribution in [0.15, 0.2) is 132 Å². The van der Waals surface area contributed by atoms with E-state index in [1.54, 1.807) is 4.53 Å². The first-order valence-electron chi connectivity index (χ1n) is 10.6. The van der Waals surface area contributed by atoms with E-state index in [2.05, 4.69) is 139 Å². The molecule has 0 fully saturated rings. The molecule has 0 aromatic heterocycles. The number of thioether (sulfide) groups is 2. The third kappa shape index (κ3) is 3.94. The highest BCUT2D eigenvalue weighted by Crippen LogP contribution is 2.49. The van der Waals surface area contributed by atoms with E-state index in [1.807, 2.05) is 11.8 Å². The standard InChI is InChI=1S/C28H24S2Si/c1-5-13-23(14-6-1)28-29-22-21-27(30-28)31(24-15-7-2-8-16-24,25-17-9-3-10-18-25)26-19-11-4-12-20-26/h1-21,28H,22H2. The Morgan fingerprint density at radius 2 is 0.968 bits per heavy atom. The van der Waals surface area contributed by atoms with Crippen LogP contribution < -0.4 is 15.6 Å². The van der Waals surface area contributed by atoms with Crippen LogP contribution in [-0.2, 0) is 0 Å². The van der Waals surface area contributed by atoms with Gasteiger partial charge in [0.25, 0.3) is 0 Å². The summed E-state index contributed by atoms with van der Waals surface area (Å²) in [5.41, 5.74) is 1.40. The van der Waals surface area contributed by atoms with Gasteiger partial charge in [-0.3, -0.25) is 0 Å². The molecule has 0 amide bonds. The Morgan fingerprint density at radius 3 is 1.42 bits per heavy atom. The van der Waals surface area contributed by atoms with Gasteiger partial charge in [0, 0.05) is 5.75 Å². The molecule has 4 aromatic rings. The molecule has 0 N–H and O–H groups in total. The van der Waals surface area contributed by atoms with Crippen LogP contribution in [0.4, 0.5) is 0 Å². The minimum Gasteiger partial charge on any atom is -0.138 e. The van der Waals surface area contributed by atoms with Crippen LogP contribution in [0.3, 0.4) is 0 Å². The smallest absolute Gasteiger partial charge is 0.138 e.